The third kappa shape index (κ3) is 8.61. The molecule has 1 unspecified atom stereocenters. The van der Waals surface area contributed by atoms with Gasteiger partial charge in [-0.3, -0.25) is 0 Å². The summed E-state index contributed by atoms with van der Waals surface area (Å²) in [6, 6.07) is 11.1. The maximum Gasteiger partial charge on any atom is 0.0319 e. The van der Waals surface area contributed by atoms with Crippen LogP contribution in [0, 0.1) is 0 Å². The van der Waals surface area contributed by atoms with E-state index >= 15 is 0 Å². The van der Waals surface area contributed by atoms with Crippen molar-refractivity contribution in [2.45, 2.75) is 61.7 Å². The van der Waals surface area contributed by atoms with E-state index < -0.39 is 14.3 Å². The Balaban J connectivity index is 0.00000232. The molecule has 3 heteroatoms. The maximum absolute atomic E-state index is 7.00. The van der Waals surface area contributed by atoms with Gasteiger partial charge in [-0.15, -0.1) is 0 Å². The first-order valence-electron chi connectivity index (χ1n) is 8.78. The zero-order valence-corrected chi connectivity index (χ0v) is 17.7. The maximum atomic E-state index is 7.00. The Morgan fingerprint density at radius 3 is 2.04 bits per heavy atom. The van der Waals surface area contributed by atoms with E-state index in [9.17, 15) is 0 Å². The molecule has 0 aromatic heterocycles. The molecule has 131 valence electrons. The van der Waals surface area contributed by atoms with Gasteiger partial charge in [-0.1, -0.05) is 0 Å². The summed E-state index contributed by atoms with van der Waals surface area (Å²) in [5.74, 6) is 0. The van der Waals surface area contributed by atoms with Crippen LogP contribution in [0.2, 0.25) is 10.5 Å². The van der Waals surface area contributed by atoms with Crippen LogP contribution in [0.4, 0.5) is 0 Å². The van der Waals surface area contributed by atoms with Crippen LogP contribution in [0.25, 0.3) is 0 Å². The van der Waals surface area contributed by atoms with Gasteiger partial charge in [0.2, 0.25) is 0 Å². The largest absolute Gasteiger partial charge is 0.400 e. The van der Waals surface area contributed by atoms with Crippen LogP contribution >= 0.6 is 0 Å². The van der Waals surface area contributed by atoms with Crippen LogP contribution in [-0.4, -0.2) is 33.7 Å². The summed E-state index contributed by atoms with van der Waals surface area (Å²) in [5, 5.41) is 9.95. The van der Waals surface area contributed by atoms with Crippen LogP contribution in [0.15, 0.2) is 42.2 Å². The molecule has 0 saturated heterocycles. The standard InChI is InChI=1S/C19H31GeO.CH4O/c1-5-7-14-20(15-8-6-2)19(17(3)16-21-4)18-12-10-9-11-13-18;1-2/h9-13,16,19H,5-8,14-15H2,1-4H3;2H,1H3/b17-16+;. The second-order valence-corrected chi connectivity index (χ2v) is 11.9. The molecule has 1 atom stereocenters. The van der Waals surface area contributed by atoms with Gasteiger partial charge in [0.05, 0.1) is 0 Å². The third-order valence-corrected chi connectivity index (χ3v) is 11.5. The van der Waals surface area contributed by atoms with E-state index in [0.717, 1.165) is 7.11 Å². The zero-order chi connectivity index (χ0) is 17.5. The Morgan fingerprint density at radius 1 is 1.09 bits per heavy atom. The SMILES string of the molecule is CCC[CH2][Ge]([CH2]CCC)[CH](/C(C)=C/OC)c1ccccc1.CO. The topological polar surface area (TPSA) is 29.5 Å². The molecule has 0 aliphatic rings. The molecule has 0 aliphatic carbocycles. The van der Waals surface area contributed by atoms with E-state index in [2.05, 4.69) is 51.1 Å². The van der Waals surface area contributed by atoms with E-state index in [1.807, 2.05) is 6.26 Å². The van der Waals surface area contributed by atoms with Crippen molar-refractivity contribution in [3.05, 3.63) is 47.7 Å². The smallest absolute Gasteiger partial charge is 0.0319 e. The normalized spacial score (nSPS) is 12.6. The summed E-state index contributed by atoms with van der Waals surface area (Å²) in [4.78, 5) is 0. The summed E-state index contributed by atoms with van der Waals surface area (Å²) in [6.07, 6.45) is 7.39. The number of aliphatic hydroxyl groups excluding tert-OH is 1. The first kappa shape index (κ1) is 22.3. The van der Waals surface area contributed by atoms with Crippen molar-refractivity contribution in [1.29, 1.82) is 0 Å². The fourth-order valence-electron chi connectivity index (χ4n) is 2.94. The van der Waals surface area contributed by atoms with Gasteiger partial charge in [-0.2, -0.15) is 0 Å². The van der Waals surface area contributed by atoms with E-state index in [4.69, 9.17) is 9.84 Å². The number of hydrogen-bond acceptors (Lipinski definition) is 2. The van der Waals surface area contributed by atoms with Gasteiger partial charge in [-0.05, 0) is 0 Å². The molecule has 23 heavy (non-hydrogen) atoms. The molecule has 2 nitrogen and oxygen atoms in total. The van der Waals surface area contributed by atoms with Gasteiger partial charge in [0.25, 0.3) is 0 Å². The van der Waals surface area contributed by atoms with Crippen LogP contribution in [0.5, 0.6) is 0 Å². The minimum Gasteiger partial charge on any atom is -0.400 e. The molecule has 0 amide bonds. The van der Waals surface area contributed by atoms with Crippen molar-refractivity contribution >= 4 is 14.3 Å². The summed E-state index contributed by atoms with van der Waals surface area (Å²) in [7, 11) is 2.77. The predicted octanol–water partition coefficient (Wildman–Crippen LogP) is 5.56. The van der Waals surface area contributed by atoms with E-state index in [-0.39, 0.29) is 0 Å². The molecule has 1 radical (unpaired) electrons. The number of rotatable bonds is 10. The average Bonchev–Trinajstić information content (AvgIpc) is 2.60. The number of aliphatic hydroxyl groups is 1. The van der Waals surface area contributed by atoms with E-state index in [0.29, 0.717) is 4.75 Å². The molecular formula is C20H35GeO2. The van der Waals surface area contributed by atoms with Crippen LogP contribution in [-0.2, 0) is 4.74 Å². The summed E-state index contributed by atoms with van der Waals surface area (Å²) < 4.78 is 5.99. The van der Waals surface area contributed by atoms with Gasteiger partial charge in [-0.25, -0.2) is 0 Å². The van der Waals surface area contributed by atoms with Crippen LogP contribution in [0.1, 0.15) is 56.8 Å². The molecule has 1 N–H and O–H groups in total. The van der Waals surface area contributed by atoms with Gasteiger partial charge in [0, 0.05) is 7.11 Å². The molecule has 0 bridgehead atoms. The van der Waals surface area contributed by atoms with Crippen molar-refractivity contribution in [3.8, 4) is 0 Å². The number of benzene rings is 1. The zero-order valence-electron chi connectivity index (χ0n) is 15.6. The Labute approximate surface area is 148 Å². The van der Waals surface area contributed by atoms with Gasteiger partial charge in [0.15, 0.2) is 0 Å². The van der Waals surface area contributed by atoms with Gasteiger partial charge in [0.1, 0.15) is 0 Å². The van der Waals surface area contributed by atoms with Crippen molar-refractivity contribution in [3.63, 3.8) is 0 Å². The second kappa shape index (κ2) is 14.8. The van der Waals surface area contributed by atoms with Crippen LogP contribution < -0.4 is 0 Å². The molecular weight excluding hydrogens is 345 g/mol. The number of allylic oxidation sites excluding steroid dienone is 1. The number of methoxy groups -OCH3 is 1. The van der Waals surface area contributed by atoms with E-state index in [1.165, 1.54) is 47.3 Å². The van der Waals surface area contributed by atoms with Crippen molar-refractivity contribution in [1.82, 2.24) is 0 Å². The second-order valence-electron chi connectivity index (χ2n) is 5.81. The Morgan fingerprint density at radius 2 is 1.61 bits per heavy atom. The minimum atomic E-state index is -1.16. The Bertz CT molecular complexity index is 395. The van der Waals surface area contributed by atoms with Gasteiger partial charge >= 0.3 is 136 Å². The number of ether oxygens (including phenoxy) is 1. The quantitative estimate of drug-likeness (QED) is 0.425. The number of hydrogen-bond donors (Lipinski definition) is 1. The third-order valence-electron chi connectivity index (χ3n) is 4.00. The van der Waals surface area contributed by atoms with Crippen molar-refractivity contribution < 1.29 is 9.84 Å². The molecule has 1 aromatic carbocycles. The summed E-state index contributed by atoms with van der Waals surface area (Å²) in [6.45, 7) is 6.88. The first-order valence-corrected chi connectivity index (χ1v) is 13.0. The van der Waals surface area contributed by atoms with Crippen molar-refractivity contribution in [2.24, 2.45) is 0 Å². The molecule has 0 spiro atoms. The molecule has 0 heterocycles. The molecule has 0 fully saturated rings. The molecule has 1 aromatic rings. The Hall–Kier alpha value is -0.737. The average molecular weight is 380 g/mol. The van der Waals surface area contributed by atoms with E-state index in [1.54, 1.807) is 7.11 Å². The Kier molecular flexibility index (Phi) is 14.4. The summed E-state index contributed by atoms with van der Waals surface area (Å²) in [5.41, 5.74) is 2.93. The fourth-order valence-corrected chi connectivity index (χ4v) is 11.0. The fraction of sp³-hybridized carbons (Fsp3) is 0.600. The van der Waals surface area contributed by atoms with Crippen LogP contribution in [0.3, 0.4) is 0 Å². The predicted molar refractivity (Wildman–Crippen MR) is 103 cm³/mol. The molecule has 1 rings (SSSR count). The summed E-state index contributed by atoms with van der Waals surface area (Å²) >= 11 is -1.16. The van der Waals surface area contributed by atoms with Gasteiger partial charge < -0.3 is 5.11 Å². The van der Waals surface area contributed by atoms with Crippen molar-refractivity contribution in [2.75, 3.05) is 14.2 Å². The minimum absolute atomic E-state index is 0.657. The first-order chi connectivity index (χ1) is 11.2. The monoisotopic (exact) mass is 381 g/mol. The molecule has 0 saturated carbocycles. The number of unbranched alkanes of at least 4 members (excludes halogenated alkanes) is 2. The molecule has 0 aliphatic heterocycles.